The van der Waals surface area contributed by atoms with Crippen molar-refractivity contribution >= 4 is 5.69 Å². The monoisotopic (exact) mass is 173 g/mol. The van der Waals surface area contributed by atoms with Crippen molar-refractivity contribution in [2.24, 2.45) is 0 Å². The van der Waals surface area contributed by atoms with E-state index in [0.717, 1.165) is 22.4 Å². The molecule has 0 aliphatic carbocycles. The van der Waals surface area contributed by atoms with Crippen LogP contribution >= 0.6 is 0 Å². The molecule has 13 heavy (non-hydrogen) atoms. The van der Waals surface area contributed by atoms with Crippen LogP contribution in [-0.4, -0.2) is 0 Å². The highest BCUT2D eigenvalue weighted by Gasteiger charge is 2.04. The van der Waals surface area contributed by atoms with Crippen LogP contribution in [0, 0.1) is 6.92 Å². The van der Waals surface area contributed by atoms with E-state index < -0.39 is 0 Å². The Morgan fingerprint density at radius 1 is 1.23 bits per heavy atom. The molecule has 0 radical (unpaired) electrons. The molecule has 0 aliphatic rings. The Bertz CT molecular complexity index is 404. The van der Waals surface area contributed by atoms with Crippen molar-refractivity contribution in [2.45, 2.75) is 6.92 Å². The van der Waals surface area contributed by atoms with Gasteiger partial charge in [0.05, 0.1) is 12.5 Å². The van der Waals surface area contributed by atoms with Crippen LogP contribution in [0.1, 0.15) is 5.56 Å². The van der Waals surface area contributed by atoms with Crippen LogP contribution in [0.2, 0.25) is 0 Å². The summed E-state index contributed by atoms with van der Waals surface area (Å²) in [5, 5.41) is 0. The molecule has 2 rings (SSSR count). The Labute approximate surface area is 77.0 Å². The van der Waals surface area contributed by atoms with Gasteiger partial charge in [-0.15, -0.1) is 0 Å². The zero-order valence-electron chi connectivity index (χ0n) is 7.45. The van der Waals surface area contributed by atoms with E-state index >= 15 is 0 Å². The molecule has 0 amide bonds. The predicted molar refractivity (Wildman–Crippen MR) is 53.3 cm³/mol. The molecule has 2 nitrogen and oxygen atoms in total. The normalized spacial score (nSPS) is 10.2. The van der Waals surface area contributed by atoms with Crippen LogP contribution in [0.5, 0.6) is 0 Å². The third kappa shape index (κ3) is 1.31. The maximum atomic E-state index is 5.80. The summed E-state index contributed by atoms with van der Waals surface area (Å²) in [7, 11) is 0. The van der Waals surface area contributed by atoms with Gasteiger partial charge in [0.2, 0.25) is 0 Å². The highest BCUT2D eigenvalue weighted by Crippen LogP contribution is 2.26. The van der Waals surface area contributed by atoms with Gasteiger partial charge >= 0.3 is 0 Å². The molecule has 2 aromatic rings. The van der Waals surface area contributed by atoms with Crippen molar-refractivity contribution in [1.29, 1.82) is 0 Å². The Morgan fingerprint density at radius 2 is 2.08 bits per heavy atom. The number of rotatable bonds is 1. The molecular weight excluding hydrogens is 162 g/mol. The summed E-state index contributed by atoms with van der Waals surface area (Å²) in [5.41, 5.74) is 9.92. The molecule has 1 heterocycles. The van der Waals surface area contributed by atoms with Crippen molar-refractivity contribution in [2.75, 3.05) is 5.73 Å². The van der Waals surface area contributed by atoms with E-state index in [1.165, 1.54) is 0 Å². The summed E-state index contributed by atoms with van der Waals surface area (Å²) in [5.74, 6) is 0. The summed E-state index contributed by atoms with van der Waals surface area (Å²) in [6.45, 7) is 2.01. The van der Waals surface area contributed by atoms with Gasteiger partial charge in [-0.3, -0.25) is 0 Å². The van der Waals surface area contributed by atoms with Gasteiger partial charge in [0, 0.05) is 11.3 Å². The fraction of sp³-hybridized carbons (Fsp3) is 0.0909. The van der Waals surface area contributed by atoms with Crippen LogP contribution in [-0.2, 0) is 0 Å². The third-order valence-corrected chi connectivity index (χ3v) is 2.21. The Morgan fingerprint density at radius 3 is 2.77 bits per heavy atom. The van der Waals surface area contributed by atoms with Crippen LogP contribution < -0.4 is 5.73 Å². The van der Waals surface area contributed by atoms with E-state index in [-0.39, 0.29) is 0 Å². The van der Waals surface area contributed by atoms with Crippen molar-refractivity contribution in [3.8, 4) is 11.1 Å². The Kier molecular flexibility index (Phi) is 1.81. The highest BCUT2D eigenvalue weighted by atomic mass is 16.3. The van der Waals surface area contributed by atoms with Gasteiger partial charge in [-0.05, 0) is 30.2 Å². The molecule has 0 spiro atoms. The average molecular weight is 173 g/mol. The number of furan rings is 1. The van der Waals surface area contributed by atoms with Crippen LogP contribution in [0.4, 0.5) is 5.69 Å². The molecule has 1 aromatic carbocycles. The van der Waals surface area contributed by atoms with Crippen molar-refractivity contribution in [1.82, 2.24) is 0 Å². The number of nitrogen functional groups attached to an aromatic ring is 1. The minimum absolute atomic E-state index is 0.818. The SMILES string of the molecule is Cc1c(N)cccc1-c1ccoc1. The van der Waals surface area contributed by atoms with Crippen molar-refractivity contribution in [3.63, 3.8) is 0 Å². The fourth-order valence-electron chi connectivity index (χ4n) is 1.38. The first kappa shape index (κ1) is 7.92. The molecule has 0 saturated carbocycles. The summed E-state index contributed by atoms with van der Waals surface area (Å²) in [6.07, 6.45) is 3.39. The molecule has 0 bridgehead atoms. The Balaban J connectivity index is 2.59. The second kappa shape index (κ2) is 2.98. The molecule has 1 aromatic heterocycles. The molecule has 2 N–H and O–H groups in total. The summed E-state index contributed by atoms with van der Waals surface area (Å²) < 4.78 is 5.02. The second-order valence-electron chi connectivity index (χ2n) is 3.03. The third-order valence-electron chi connectivity index (χ3n) is 2.21. The maximum Gasteiger partial charge on any atom is 0.0981 e. The number of hydrogen-bond donors (Lipinski definition) is 1. The standard InChI is InChI=1S/C11H11NO/c1-8-10(3-2-4-11(8)12)9-5-6-13-7-9/h2-7H,12H2,1H3. The van der Waals surface area contributed by atoms with E-state index in [2.05, 4.69) is 0 Å². The number of hydrogen-bond acceptors (Lipinski definition) is 2. The minimum atomic E-state index is 0.818. The van der Waals surface area contributed by atoms with Crippen LogP contribution in [0.25, 0.3) is 11.1 Å². The first-order valence-corrected chi connectivity index (χ1v) is 4.16. The van der Waals surface area contributed by atoms with Crippen LogP contribution in [0.3, 0.4) is 0 Å². The topological polar surface area (TPSA) is 39.2 Å². The lowest BCUT2D eigenvalue weighted by atomic mass is 10.0. The lowest BCUT2D eigenvalue weighted by Gasteiger charge is -2.05. The van der Waals surface area contributed by atoms with Crippen molar-refractivity contribution in [3.05, 3.63) is 42.4 Å². The van der Waals surface area contributed by atoms with Gasteiger partial charge in [-0.1, -0.05) is 12.1 Å². The van der Waals surface area contributed by atoms with Gasteiger partial charge in [0.15, 0.2) is 0 Å². The van der Waals surface area contributed by atoms with Gasteiger partial charge in [-0.25, -0.2) is 0 Å². The molecule has 0 unspecified atom stereocenters. The van der Waals surface area contributed by atoms with Gasteiger partial charge in [0.1, 0.15) is 0 Å². The summed E-state index contributed by atoms with van der Waals surface area (Å²) in [6, 6.07) is 7.82. The number of nitrogens with two attached hydrogens (primary N) is 1. The lowest BCUT2D eigenvalue weighted by Crippen LogP contribution is -1.90. The first-order chi connectivity index (χ1) is 6.29. The van der Waals surface area contributed by atoms with E-state index in [1.807, 2.05) is 31.2 Å². The van der Waals surface area contributed by atoms with Gasteiger partial charge in [-0.2, -0.15) is 0 Å². The van der Waals surface area contributed by atoms with Crippen molar-refractivity contribution < 1.29 is 4.42 Å². The van der Waals surface area contributed by atoms with Gasteiger partial charge < -0.3 is 10.2 Å². The molecule has 2 heteroatoms. The number of anilines is 1. The second-order valence-corrected chi connectivity index (χ2v) is 3.03. The molecular formula is C11H11NO. The first-order valence-electron chi connectivity index (χ1n) is 4.16. The number of benzene rings is 1. The van der Waals surface area contributed by atoms with E-state index in [4.69, 9.17) is 10.2 Å². The molecule has 66 valence electrons. The summed E-state index contributed by atoms with van der Waals surface area (Å²) in [4.78, 5) is 0. The highest BCUT2D eigenvalue weighted by molar-refractivity contribution is 5.71. The molecule has 0 saturated heterocycles. The quantitative estimate of drug-likeness (QED) is 0.673. The van der Waals surface area contributed by atoms with E-state index in [0.29, 0.717) is 0 Å². The zero-order valence-corrected chi connectivity index (χ0v) is 7.45. The maximum absolute atomic E-state index is 5.80. The molecule has 0 fully saturated rings. The van der Waals surface area contributed by atoms with Gasteiger partial charge in [0.25, 0.3) is 0 Å². The predicted octanol–water partition coefficient (Wildman–Crippen LogP) is 2.84. The largest absolute Gasteiger partial charge is 0.472 e. The summed E-state index contributed by atoms with van der Waals surface area (Å²) >= 11 is 0. The average Bonchev–Trinajstić information content (AvgIpc) is 2.62. The lowest BCUT2D eigenvalue weighted by molar-refractivity contribution is 0.568. The zero-order chi connectivity index (χ0) is 9.26. The smallest absolute Gasteiger partial charge is 0.0981 e. The Hall–Kier alpha value is -1.70. The molecule has 0 aliphatic heterocycles. The minimum Gasteiger partial charge on any atom is -0.472 e. The van der Waals surface area contributed by atoms with E-state index in [9.17, 15) is 0 Å². The molecule has 0 atom stereocenters. The fourth-order valence-corrected chi connectivity index (χ4v) is 1.38. The van der Waals surface area contributed by atoms with E-state index in [1.54, 1.807) is 12.5 Å². The van der Waals surface area contributed by atoms with Crippen LogP contribution in [0.15, 0.2) is 41.2 Å².